The number of H-pyrrole nitrogens is 1. The number of piperidine rings is 1. The molecule has 198 valence electrons. The summed E-state index contributed by atoms with van der Waals surface area (Å²) in [6, 6.07) is 23.1. The van der Waals surface area contributed by atoms with Gasteiger partial charge < -0.3 is 15.0 Å². The maximum absolute atomic E-state index is 13.2. The number of aromatic nitrogens is 1. The summed E-state index contributed by atoms with van der Waals surface area (Å²) in [5.41, 5.74) is 5.57. The first kappa shape index (κ1) is 27.3. The van der Waals surface area contributed by atoms with Crippen LogP contribution in [-0.2, 0) is 6.42 Å². The predicted molar refractivity (Wildman–Crippen MR) is 154 cm³/mol. The molecule has 5 rings (SSSR count). The Hall–Kier alpha value is -3.70. The molecule has 1 saturated heterocycles. The van der Waals surface area contributed by atoms with E-state index in [1.54, 1.807) is 30.3 Å². The second-order valence-electron chi connectivity index (χ2n) is 10.1. The minimum atomic E-state index is -0.879. The Bertz CT molecular complexity index is 1370. The SMILES string of the molecule is CCc1ccccc1C(=O)c1ccc2[nH]cc(C3CCN(C(C)CC)CC3)c2c1.O=C(O)c1ccccc1. The van der Waals surface area contributed by atoms with Crippen LogP contribution in [0.15, 0.2) is 79.0 Å². The highest BCUT2D eigenvalue weighted by atomic mass is 16.4. The minimum absolute atomic E-state index is 0.128. The van der Waals surface area contributed by atoms with Gasteiger partial charge in [-0.15, -0.1) is 0 Å². The average Bonchev–Trinajstić information content (AvgIpc) is 3.40. The number of benzene rings is 3. The number of carboxylic acid groups (broad SMARTS) is 1. The molecule has 0 saturated carbocycles. The summed E-state index contributed by atoms with van der Waals surface area (Å²) in [6.07, 6.45) is 6.63. The molecule has 0 spiro atoms. The number of hydrogen-bond acceptors (Lipinski definition) is 3. The number of ketones is 1. The molecule has 1 aliphatic rings. The number of nitrogens with one attached hydrogen (secondary N) is 1. The number of carbonyl (C=O) groups excluding carboxylic acids is 1. The number of aromatic amines is 1. The lowest BCUT2D eigenvalue weighted by Gasteiger charge is -2.35. The fourth-order valence-electron chi connectivity index (χ4n) is 5.32. The summed E-state index contributed by atoms with van der Waals surface area (Å²) in [7, 11) is 0. The summed E-state index contributed by atoms with van der Waals surface area (Å²) in [4.78, 5) is 29.5. The number of aromatic carboxylic acids is 1. The Morgan fingerprint density at radius 3 is 2.26 bits per heavy atom. The van der Waals surface area contributed by atoms with E-state index >= 15 is 0 Å². The lowest BCUT2D eigenvalue weighted by molar-refractivity contribution is 0.0696. The Morgan fingerprint density at radius 1 is 0.947 bits per heavy atom. The maximum Gasteiger partial charge on any atom is 0.335 e. The van der Waals surface area contributed by atoms with E-state index in [9.17, 15) is 9.59 Å². The van der Waals surface area contributed by atoms with Crippen LogP contribution in [0.3, 0.4) is 0 Å². The lowest BCUT2D eigenvalue weighted by Crippen LogP contribution is -2.39. The lowest BCUT2D eigenvalue weighted by atomic mass is 9.87. The van der Waals surface area contributed by atoms with Gasteiger partial charge in [-0.2, -0.15) is 0 Å². The monoisotopic (exact) mass is 510 g/mol. The molecule has 5 nitrogen and oxygen atoms in total. The second kappa shape index (κ2) is 12.7. The molecule has 0 bridgehead atoms. The molecule has 2 heterocycles. The fourth-order valence-corrected chi connectivity index (χ4v) is 5.32. The van der Waals surface area contributed by atoms with E-state index in [-0.39, 0.29) is 5.78 Å². The van der Waals surface area contributed by atoms with E-state index in [0.717, 1.165) is 41.7 Å². The second-order valence-corrected chi connectivity index (χ2v) is 10.1. The third-order valence-electron chi connectivity index (χ3n) is 7.82. The highest BCUT2D eigenvalue weighted by Crippen LogP contribution is 2.34. The zero-order valence-electron chi connectivity index (χ0n) is 22.6. The summed E-state index contributed by atoms with van der Waals surface area (Å²) in [5.74, 6) is -0.184. The zero-order chi connectivity index (χ0) is 27.1. The summed E-state index contributed by atoms with van der Waals surface area (Å²) >= 11 is 0. The van der Waals surface area contributed by atoms with Gasteiger partial charge in [0, 0.05) is 34.3 Å². The Labute approximate surface area is 225 Å². The van der Waals surface area contributed by atoms with Crippen molar-refractivity contribution in [1.82, 2.24) is 9.88 Å². The Kier molecular flexibility index (Phi) is 9.14. The number of carboxylic acids is 1. The number of carbonyl (C=O) groups is 2. The van der Waals surface area contributed by atoms with Crippen molar-refractivity contribution in [2.45, 2.75) is 58.4 Å². The Balaban J connectivity index is 0.000000317. The molecular formula is C33H38N2O3. The van der Waals surface area contributed by atoms with Crippen LogP contribution >= 0.6 is 0 Å². The first-order valence-electron chi connectivity index (χ1n) is 13.7. The van der Waals surface area contributed by atoms with Gasteiger partial charge >= 0.3 is 5.97 Å². The first-order chi connectivity index (χ1) is 18.4. The van der Waals surface area contributed by atoms with E-state index in [2.05, 4.69) is 55.1 Å². The van der Waals surface area contributed by atoms with Gasteiger partial charge in [-0.3, -0.25) is 4.79 Å². The normalized spacial score (nSPS) is 15.0. The van der Waals surface area contributed by atoms with Crippen molar-refractivity contribution in [3.63, 3.8) is 0 Å². The third-order valence-corrected chi connectivity index (χ3v) is 7.82. The molecular weight excluding hydrogens is 472 g/mol. The van der Waals surface area contributed by atoms with Gasteiger partial charge in [0.25, 0.3) is 0 Å². The molecule has 1 unspecified atom stereocenters. The van der Waals surface area contributed by atoms with Crippen molar-refractivity contribution in [2.75, 3.05) is 13.1 Å². The van der Waals surface area contributed by atoms with Crippen LogP contribution in [0.5, 0.6) is 0 Å². The van der Waals surface area contributed by atoms with Crippen LogP contribution in [0.4, 0.5) is 0 Å². The molecule has 0 radical (unpaired) electrons. The van der Waals surface area contributed by atoms with Gasteiger partial charge in [0.2, 0.25) is 0 Å². The van der Waals surface area contributed by atoms with Crippen molar-refractivity contribution in [1.29, 1.82) is 0 Å². The predicted octanol–water partition coefficient (Wildman–Crippen LogP) is 7.32. The van der Waals surface area contributed by atoms with E-state index in [4.69, 9.17) is 5.11 Å². The first-order valence-corrected chi connectivity index (χ1v) is 13.7. The van der Waals surface area contributed by atoms with Crippen LogP contribution in [0.1, 0.15) is 83.4 Å². The number of likely N-dealkylation sites (tertiary alicyclic amines) is 1. The van der Waals surface area contributed by atoms with E-state index in [1.165, 1.54) is 30.2 Å². The standard InChI is InChI=1S/C26H32N2O.C7H6O2/c1-4-18(3)28-14-12-20(13-15-28)24-17-27-25-11-10-21(16-23(24)25)26(29)22-9-7-6-8-19(22)5-2;8-7(9)6-4-2-1-3-5-6/h6-11,16-18,20,27H,4-5,12-15H2,1-3H3;1-5H,(H,8,9). The molecule has 2 N–H and O–H groups in total. The minimum Gasteiger partial charge on any atom is -0.478 e. The van der Waals surface area contributed by atoms with Gasteiger partial charge in [-0.25, -0.2) is 4.79 Å². The van der Waals surface area contributed by atoms with Crippen molar-refractivity contribution >= 4 is 22.7 Å². The smallest absolute Gasteiger partial charge is 0.335 e. The van der Waals surface area contributed by atoms with Crippen molar-refractivity contribution < 1.29 is 14.7 Å². The van der Waals surface area contributed by atoms with Crippen LogP contribution in [-0.4, -0.2) is 45.9 Å². The van der Waals surface area contributed by atoms with Crippen molar-refractivity contribution in [3.05, 3.63) is 107 Å². The van der Waals surface area contributed by atoms with E-state index in [1.807, 2.05) is 24.3 Å². The molecule has 3 aromatic carbocycles. The third kappa shape index (κ3) is 6.22. The highest BCUT2D eigenvalue weighted by molar-refractivity contribution is 6.11. The average molecular weight is 511 g/mol. The van der Waals surface area contributed by atoms with E-state index in [0.29, 0.717) is 17.5 Å². The van der Waals surface area contributed by atoms with Gasteiger partial charge in [0.1, 0.15) is 0 Å². The van der Waals surface area contributed by atoms with Crippen LogP contribution in [0, 0.1) is 0 Å². The summed E-state index contributed by atoms with van der Waals surface area (Å²) in [6.45, 7) is 9.03. The van der Waals surface area contributed by atoms with Crippen molar-refractivity contribution in [2.24, 2.45) is 0 Å². The molecule has 38 heavy (non-hydrogen) atoms. The summed E-state index contributed by atoms with van der Waals surface area (Å²) < 4.78 is 0. The molecule has 1 atom stereocenters. The number of aryl methyl sites for hydroxylation is 1. The maximum atomic E-state index is 13.2. The number of rotatable bonds is 7. The zero-order valence-corrected chi connectivity index (χ0v) is 22.6. The topological polar surface area (TPSA) is 73.4 Å². The molecule has 5 heteroatoms. The van der Waals surface area contributed by atoms with E-state index < -0.39 is 5.97 Å². The van der Waals surface area contributed by atoms with Crippen LogP contribution in [0.25, 0.3) is 10.9 Å². The number of nitrogens with zero attached hydrogens (tertiary/aromatic N) is 1. The van der Waals surface area contributed by atoms with Crippen LogP contribution < -0.4 is 0 Å². The quantitative estimate of drug-likeness (QED) is 0.255. The van der Waals surface area contributed by atoms with Crippen LogP contribution in [0.2, 0.25) is 0 Å². The number of hydrogen-bond donors (Lipinski definition) is 2. The number of fused-ring (bicyclic) bond motifs is 1. The van der Waals surface area contributed by atoms with Crippen molar-refractivity contribution in [3.8, 4) is 0 Å². The highest BCUT2D eigenvalue weighted by Gasteiger charge is 2.25. The Morgan fingerprint density at radius 2 is 1.63 bits per heavy atom. The van der Waals surface area contributed by atoms with Gasteiger partial charge in [0.05, 0.1) is 5.56 Å². The molecule has 1 aromatic heterocycles. The molecule has 0 amide bonds. The molecule has 1 aliphatic heterocycles. The molecule has 4 aromatic rings. The summed E-state index contributed by atoms with van der Waals surface area (Å²) in [5, 5.41) is 9.60. The largest absolute Gasteiger partial charge is 0.478 e. The van der Waals surface area contributed by atoms with Gasteiger partial charge in [-0.1, -0.05) is 56.3 Å². The molecule has 0 aliphatic carbocycles. The van der Waals surface area contributed by atoms with Gasteiger partial charge in [-0.05, 0) is 93.1 Å². The van der Waals surface area contributed by atoms with Gasteiger partial charge in [0.15, 0.2) is 5.78 Å². The molecule has 1 fully saturated rings. The fraction of sp³-hybridized carbons (Fsp3) is 0.333.